The lowest BCUT2D eigenvalue weighted by Crippen LogP contribution is -2.08. The van der Waals surface area contributed by atoms with Crippen molar-refractivity contribution in [3.05, 3.63) is 28.2 Å². The quantitative estimate of drug-likeness (QED) is 0.500. The van der Waals surface area contributed by atoms with Crippen LogP contribution in [0.5, 0.6) is 5.75 Å². The zero-order valence-corrected chi connectivity index (χ0v) is 10.1. The van der Waals surface area contributed by atoms with Crippen molar-refractivity contribution in [1.82, 2.24) is 0 Å². The number of ether oxygens (including phenoxy) is 1. The van der Waals surface area contributed by atoms with Gasteiger partial charge in [0, 0.05) is 5.75 Å². The number of rotatable bonds is 4. The number of nitrogens with two attached hydrogens (primary N) is 1. The van der Waals surface area contributed by atoms with Crippen LogP contribution in [0.1, 0.15) is 0 Å². The molecule has 0 aromatic heterocycles. The molecule has 0 saturated heterocycles. The van der Waals surface area contributed by atoms with E-state index in [9.17, 15) is 0 Å². The maximum absolute atomic E-state index is 6.99. The fourth-order valence-electron chi connectivity index (χ4n) is 0.916. The molecule has 3 nitrogen and oxygen atoms in total. The first-order valence-electron chi connectivity index (χ1n) is 4.15. The molecule has 0 heterocycles. The topological polar surface area (TPSA) is 59.1 Å². The lowest BCUT2D eigenvalue weighted by Gasteiger charge is -2.08. The zero-order chi connectivity index (χ0) is 11.3. The Kier molecular flexibility index (Phi) is 5.08. The molecule has 1 rings (SSSR count). The molecule has 15 heavy (non-hydrogen) atoms. The van der Waals surface area contributed by atoms with Crippen molar-refractivity contribution in [2.24, 2.45) is 5.73 Å². The predicted molar refractivity (Wildman–Crippen MR) is 66.3 cm³/mol. The number of halogens is 2. The Morgan fingerprint density at radius 2 is 2.00 bits per heavy atom. The fourth-order valence-corrected chi connectivity index (χ4v) is 1.81. The lowest BCUT2D eigenvalue weighted by molar-refractivity contribution is 0.344. The van der Waals surface area contributed by atoms with E-state index < -0.39 is 0 Å². The third-order valence-corrected chi connectivity index (χ3v) is 2.78. The first kappa shape index (κ1) is 12.5. The smallest absolute Gasteiger partial charge is 0.156 e. The molecule has 0 bridgehead atoms. The molecular formula is C9H10Cl2N2OS. The molecule has 82 valence electrons. The number of thioether (sulfide) groups is 1. The highest BCUT2D eigenvalue weighted by Crippen LogP contribution is 2.32. The zero-order valence-electron chi connectivity index (χ0n) is 7.80. The molecule has 6 heteroatoms. The number of hydrogen-bond donors (Lipinski definition) is 2. The van der Waals surface area contributed by atoms with Gasteiger partial charge in [0.2, 0.25) is 0 Å². The highest BCUT2D eigenvalue weighted by atomic mass is 35.5. The molecule has 1 aromatic rings. The molecule has 0 aliphatic heterocycles. The molecule has 3 N–H and O–H groups in total. The van der Waals surface area contributed by atoms with Gasteiger partial charge in [0.05, 0.1) is 16.7 Å². The van der Waals surface area contributed by atoms with E-state index in [0.717, 1.165) is 0 Å². The van der Waals surface area contributed by atoms with Crippen LogP contribution in [0.2, 0.25) is 10.0 Å². The van der Waals surface area contributed by atoms with Crippen LogP contribution in [0.3, 0.4) is 0 Å². The number of nitrogens with one attached hydrogen (secondary N) is 1. The number of para-hydroxylation sites is 1. The van der Waals surface area contributed by atoms with Gasteiger partial charge in [-0.25, -0.2) is 0 Å². The minimum atomic E-state index is 0.0730. The summed E-state index contributed by atoms with van der Waals surface area (Å²) in [6.45, 7) is 0.410. The Morgan fingerprint density at radius 3 is 2.53 bits per heavy atom. The maximum atomic E-state index is 6.99. The van der Waals surface area contributed by atoms with Gasteiger partial charge < -0.3 is 10.5 Å². The molecule has 0 fully saturated rings. The van der Waals surface area contributed by atoms with Gasteiger partial charge in [-0.15, -0.1) is 0 Å². The minimum absolute atomic E-state index is 0.0730. The van der Waals surface area contributed by atoms with E-state index in [4.69, 9.17) is 39.1 Å². The Bertz CT molecular complexity index is 340. The van der Waals surface area contributed by atoms with Gasteiger partial charge in [0.25, 0.3) is 0 Å². The molecule has 0 radical (unpaired) electrons. The molecule has 0 unspecified atom stereocenters. The van der Waals surface area contributed by atoms with Crippen molar-refractivity contribution < 1.29 is 4.74 Å². The van der Waals surface area contributed by atoms with Gasteiger partial charge in [-0.1, -0.05) is 41.0 Å². The summed E-state index contributed by atoms with van der Waals surface area (Å²) in [5, 5.41) is 8.03. The van der Waals surface area contributed by atoms with Gasteiger partial charge in [0.1, 0.15) is 0 Å². The Labute approximate surface area is 102 Å². The van der Waals surface area contributed by atoms with Crippen molar-refractivity contribution in [3.63, 3.8) is 0 Å². The number of hydrogen-bond acceptors (Lipinski definition) is 3. The summed E-state index contributed by atoms with van der Waals surface area (Å²) in [5.74, 6) is 1.07. The van der Waals surface area contributed by atoms with E-state index in [1.807, 2.05) is 0 Å². The van der Waals surface area contributed by atoms with E-state index in [2.05, 4.69) is 0 Å². The molecule has 0 saturated carbocycles. The standard InChI is InChI=1S/C9H10Cl2N2OS/c10-6-2-1-3-7(11)8(6)14-4-5-15-9(12)13/h1-3H,4-5H2,(H3,12,13). The van der Waals surface area contributed by atoms with Crippen LogP contribution in [0, 0.1) is 5.41 Å². The van der Waals surface area contributed by atoms with Crippen LogP contribution in [0.4, 0.5) is 0 Å². The van der Waals surface area contributed by atoms with Gasteiger partial charge >= 0.3 is 0 Å². The molecular weight excluding hydrogens is 255 g/mol. The normalized spacial score (nSPS) is 10.0. The molecule has 0 atom stereocenters. The van der Waals surface area contributed by atoms with Gasteiger partial charge in [-0.3, -0.25) is 5.41 Å². The summed E-state index contributed by atoms with van der Waals surface area (Å²) in [5.41, 5.74) is 5.17. The Morgan fingerprint density at radius 1 is 1.40 bits per heavy atom. The van der Waals surface area contributed by atoms with E-state index in [-0.39, 0.29) is 5.17 Å². The molecule has 0 amide bonds. The highest BCUT2D eigenvalue weighted by Gasteiger charge is 2.05. The van der Waals surface area contributed by atoms with Crippen LogP contribution in [-0.4, -0.2) is 17.5 Å². The van der Waals surface area contributed by atoms with Crippen molar-refractivity contribution in [1.29, 1.82) is 5.41 Å². The first-order chi connectivity index (χ1) is 7.11. The average Bonchev–Trinajstić information content (AvgIpc) is 2.15. The summed E-state index contributed by atoms with van der Waals surface area (Å²) in [7, 11) is 0. The third-order valence-electron chi connectivity index (χ3n) is 1.51. The van der Waals surface area contributed by atoms with Gasteiger partial charge in [-0.2, -0.15) is 0 Å². The first-order valence-corrected chi connectivity index (χ1v) is 5.89. The predicted octanol–water partition coefficient (Wildman–Crippen LogP) is 3.00. The molecule has 0 aliphatic rings. The highest BCUT2D eigenvalue weighted by molar-refractivity contribution is 8.13. The second-order valence-corrected chi connectivity index (χ2v) is 4.56. The second kappa shape index (κ2) is 6.10. The van der Waals surface area contributed by atoms with Crippen molar-refractivity contribution in [2.75, 3.05) is 12.4 Å². The Hall–Kier alpha value is -0.580. The van der Waals surface area contributed by atoms with Crippen LogP contribution in [0.15, 0.2) is 18.2 Å². The van der Waals surface area contributed by atoms with E-state index >= 15 is 0 Å². The van der Waals surface area contributed by atoms with Crippen molar-refractivity contribution in [2.45, 2.75) is 0 Å². The summed E-state index contributed by atoms with van der Waals surface area (Å²) in [4.78, 5) is 0. The van der Waals surface area contributed by atoms with Crippen molar-refractivity contribution >= 4 is 40.1 Å². The number of benzene rings is 1. The van der Waals surface area contributed by atoms with Crippen LogP contribution < -0.4 is 10.5 Å². The number of amidine groups is 1. The van der Waals surface area contributed by atoms with E-state index in [1.165, 1.54) is 11.8 Å². The summed E-state index contributed by atoms with van der Waals surface area (Å²) < 4.78 is 5.38. The average molecular weight is 265 g/mol. The van der Waals surface area contributed by atoms with Gasteiger partial charge in [-0.05, 0) is 12.1 Å². The fraction of sp³-hybridized carbons (Fsp3) is 0.222. The summed E-state index contributed by atoms with van der Waals surface area (Å²) in [6, 6.07) is 5.17. The largest absolute Gasteiger partial charge is 0.490 e. The van der Waals surface area contributed by atoms with E-state index in [1.54, 1.807) is 18.2 Å². The minimum Gasteiger partial charge on any atom is -0.490 e. The van der Waals surface area contributed by atoms with Crippen LogP contribution in [0.25, 0.3) is 0 Å². The van der Waals surface area contributed by atoms with Crippen LogP contribution in [-0.2, 0) is 0 Å². The monoisotopic (exact) mass is 264 g/mol. The van der Waals surface area contributed by atoms with Crippen molar-refractivity contribution in [3.8, 4) is 5.75 Å². The Balaban J connectivity index is 2.47. The SMILES string of the molecule is N=C(N)SCCOc1c(Cl)cccc1Cl. The third kappa shape index (κ3) is 4.20. The van der Waals surface area contributed by atoms with Crippen LogP contribution >= 0.6 is 35.0 Å². The molecule has 1 aromatic carbocycles. The maximum Gasteiger partial charge on any atom is 0.156 e. The molecule has 0 aliphatic carbocycles. The molecule has 0 spiro atoms. The van der Waals surface area contributed by atoms with E-state index in [0.29, 0.717) is 28.2 Å². The summed E-state index contributed by atoms with van der Waals surface area (Å²) >= 11 is 13.0. The lowest BCUT2D eigenvalue weighted by atomic mass is 10.3. The van der Waals surface area contributed by atoms with Gasteiger partial charge in [0.15, 0.2) is 10.9 Å². The second-order valence-electron chi connectivity index (χ2n) is 2.61. The summed E-state index contributed by atoms with van der Waals surface area (Å²) in [6.07, 6.45) is 0.